The minimum atomic E-state index is 0.552. The Morgan fingerprint density at radius 1 is 1.25 bits per heavy atom. The Kier molecular flexibility index (Phi) is 4.90. The predicted octanol–water partition coefficient (Wildman–Crippen LogP) is 2.46. The number of aryl methyl sites for hydroxylation is 2. The van der Waals surface area contributed by atoms with Crippen molar-refractivity contribution in [3.63, 3.8) is 0 Å². The van der Waals surface area contributed by atoms with Gasteiger partial charge in [-0.3, -0.25) is 9.36 Å². The Balaban J connectivity index is 1.53. The molecular formula is C17H20N6S. The number of nitrogens with zero attached hydrogens (tertiary/aromatic N) is 4. The van der Waals surface area contributed by atoms with E-state index in [-0.39, 0.29) is 0 Å². The van der Waals surface area contributed by atoms with Crippen LogP contribution in [0, 0.1) is 6.92 Å². The second-order valence-electron chi connectivity index (χ2n) is 5.64. The van der Waals surface area contributed by atoms with Crippen LogP contribution in [0.15, 0.2) is 48.9 Å². The van der Waals surface area contributed by atoms with Crippen molar-refractivity contribution < 1.29 is 0 Å². The summed E-state index contributed by atoms with van der Waals surface area (Å²) in [4.78, 5) is 0. The van der Waals surface area contributed by atoms with Gasteiger partial charge >= 0.3 is 0 Å². The number of rotatable bonds is 5. The summed E-state index contributed by atoms with van der Waals surface area (Å²) in [6, 6.07) is 10.3. The molecule has 0 fully saturated rings. The van der Waals surface area contributed by atoms with Gasteiger partial charge in [-0.2, -0.15) is 10.2 Å². The second kappa shape index (κ2) is 7.27. The maximum absolute atomic E-state index is 5.31. The topological polar surface area (TPSA) is 59.7 Å². The van der Waals surface area contributed by atoms with E-state index in [1.54, 1.807) is 10.9 Å². The lowest BCUT2D eigenvalue weighted by Crippen LogP contribution is -2.27. The fraction of sp³-hybridized carbons (Fsp3) is 0.235. The zero-order chi connectivity index (χ0) is 16.9. The van der Waals surface area contributed by atoms with Gasteiger partial charge in [0.2, 0.25) is 0 Å². The van der Waals surface area contributed by atoms with Gasteiger partial charge in [-0.15, -0.1) is 0 Å². The average molecular weight is 340 g/mol. The minimum absolute atomic E-state index is 0.552. The number of hydrogen-bond acceptors (Lipinski definition) is 3. The number of benzene rings is 1. The first kappa shape index (κ1) is 16.2. The van der Waals surface area contributed by atoms with Gasteiger partial charge in [0.25, 0.3) is 0 Å². The van der Waals surface area contributed by atoms with Crippen LogP contribution < -0.4 is 10.6 Å². The van der Waals surface area contributed by atoms with Gasteiger partial charge in [-0.05, 0) is 36.3 Å². The van der Waals surface area contributed by atoms with Gasteiger partial charge in [0, 0.05) is 19.4 Å². The summed E-state index contributed by atoms with van der Waals surface area (Å²) in [5, 5.41) is 15.5. The molecule has 0 aliphatic heterocycles. The van der Waals surface area contributed by atoms with E-state index in [0.29, 0.717) is 11.7 Å². The molecular weight excluding hydrogens is 320 g/mol. The molecule has 24 heavy (non-hydrogen) atoms. The monoisotopic (exact) mass is 340 g/mol. The minimum Gasteiger partial charge on any atom is -0.357 e. The van der Waals surface area contributed by atoms with Crippen LogP contribution in [-0.2, 0) is 20.1 Å². The lowest BCUT2D eigenvalue weighted by Gasteiger charge is -2.07. The Hall–Kier alpha value is -2.67. The predicted molar refractivity (Wildman–Crippen MR) is 98.8 cm³/mol. The lowest BCUT2D eigenvalue weighted by molar-refractivity contribution is 0.684. The molecule has 2 heterocycles. The van der Waals surface area contributed by atoms with Crippen LogP contribution in [0.4, 0.5) is 5.69 Å². The number of thiocarbonyl (C=S) groups is 1. The highest BCUT2D eigenvalue weighted by Crippen LogP contribution is 2.11. The van der Waals surface area contributed by atoms with Crippen LogP contribution in [0.1, 0.15) is 16.8 Å². The highest BCUT2D eigenvalue weighted by atomic mass is 32.1. The number of anilines is 1. The van der Waals surface area contributed by atoms with Gasteiger partial charge in [0.15, 0.2) is 5.11 Å². The molecule has 2 N–H and O–H groups in total. The maximum atomic E-state index is 5.31. The van der Waals surface area contributed by atoms with E-state index in [1.165, 1.54) is 11.1 Å². The third kappa shape index (κ3) is 4.20. The first-order valence-corrected chi connectivity index (χ1v) is 8.11. The molecule has 0 saturated carbocycles. The summed E-state index contributed by atoms with van der Waals surface area (Å²) in [5.74, 6) is 0. The van der Waals surface area contributed by atoms with E-state index >= 15 is 0 Å². The highest BCUT2D eigenvalue weighted by Gasteiger charge is 2.04. The van der Waals surface area contributed by atoms with E-state index in [4.69, 9.17) is 12.2 Å². The van der Waals surface area contributed by atoms with Crippen molar-refractivity contribution in [1.29, 1.82) is 0 Å². The zero-order valence-corrected chi connectivity index (χ0v) is 14.5. The molecule has 0 unspecified atom stereocenters. The maximum Gasteiger partial charge on any atom is 0.171 e. The van der Waals surface area contributed by atoms with Gasteiger partial charge in [-0.25, -0.2) is 0 Å². The van der Waals surface area contributed by atoms with Crippen molar-refractivity contribution in [3.8, 4) is 0 Å². The van der Waals surface area contributed by atoms with Gasteiger partial charge in [0.1, 0.15) is 0 Å². The van der Waals surface area contributed by atoms with Crippen molar-refractivity contribution in [1.82, 2.24) is 24.9 Å². The molecule has 6 nitrogen and oxygen atoms in total. The third-order valence-electron chi connectivity index (χ3n) is 3.68. The Labute approximate surface area is 146 Å². The second-order valence-corrected chi connectivity index (χ2v) is 6.05. The Morgan fingerprint density at radius 2 is 2.08 bits per heavy atom. The van der Waals surface area contributed by atoms with E-state index in [2.05, 4.69) is 39.9 Å². The average Bonchev–Trinajstić information content (AvgIpc) is 3.17. The third-order valence-corrected chi connectivity index (χ3v) is 3.93. The molecule has 0 saturated heterocycles. The number of nitrogens with one attached hydrogen (secondary N) is 2. The molecule has 0 aliphatic rings. The van der Waals surface area contributed by atoms with Crippen molar-refractivity contribution >= 4 is 23.0 Å². The highest BCUT2D eigenvalue weighted by molar-refractivity contribution is 7.80. The fourth-order valence-corrected chi connectivity index (χ4v) is 2.57. The molecule has 0 spiro atoms. The van der Waals surface area contributed by atoms with Crippen LogP contribution >= 0.6 is 12.2 Å². The van der Waals surface area contributed by atoms with Crippen LogP contribution in [-0.4, -0.2) is 24.7 Å². The number of aromatic nitrogens is 4. The molecule has 0 radical (unpaired) electrons. The van der Waals surface area contributed by atoms with Crippen molar-refractivity contribution in [2.45, 2.75) is 20.0 Å². The summed E-state index contributed by atoms with van der Waals surface area (Å²) in [6.07, 6.45) is 5.62. The van der Waals surface area contributed by atoms with Crippen LogP contribution in [0.5, 0.6) is 0 Å². The van der Waals surface area contributed by atoms with E-state index in [9.17, 15) is 0 Å². The van der Waals surface area contributed by atoms with Crippen molar-refractivity contribution in [3.05, 3.63) is 65.7 Å². The van der Waals surface area contributed by atoms with Crippen LogP contribution in [0.3, 0.4) is 0 Å². The first-order chi connectivity index (χ1) is 11.6. The van der Waals surface area contributed by atoms with Crippen molar-refractivity contribution in [2.24, 2.45) is 7.05 Å². The van der Waals surface area contributed by atoms with E-state index in [0.717, 1.165) is 17.9 Å². The quantitative estimate of drug-likeness (QED) is 0.699. The van der Waals surface area contributed by atoms with Crippen LogP contribution in [0.2, 0.25) is 0 Å². The molecule has 1 aromatic carbocycles. The van der Waals surface area contributed by atoms with Crippen molar-refractivity contribution in [2.75, 3.05) is 5.32 Å². The molecule has 0 bridgehead atoms. The SMILES string of the molecule is Cc1ccccc1Cn1cc(NC(=S)NCc2ccn(C)n2)cn1. The van der Waals surface area contributed by atoms with Gasteiger partial charge in [0.05, 0.1) is 30.7 Å². The molecule has 0 amide bonds. The van der Waals surface area contributed by atoms with E-state index in [1.807, 2.05) is 42.3 Å². The molecule has 0 atom stereocenters. The summed E-state index contributed by atoms with van der Waals surface area (Å²) in [6.45, 7) is 3.43. The molecule has 3 aromatic rings. The zero-order valence-electron chi connectivity index (χ0n) is 13.7. The van der Waals surface area contributed by atoms with Gasteiger partial charge < -0.3 is 10.6 Å². The first-order valence-electron chi connectivity index (χ1n) is 7.70. The standard InChI is InChI=1S/C17H20N6S/c1-13-5-3-4-6-14(13)11-23-12-16(10-19-23)20-17(24)18-9-15-7-8-22(2)21-15/h3-8,10,12H,9,11H2,1-2H3,(H2,18,20,24). The molecule has 3 rings (SSSR count). The Morgan fingerprint density at radius 3 is 2.83 bits per heavy atom. The molecule has 7 heteroatoms. The summed E-state index contributed by atoms with van der Waals surface area (Å²) >= 11 is 5.31. The van der Waals surface area contributed by atoms with E-state index < -0.39 is 0 Å². The Bertz CT molecular complexity index is 835. The van der Waals surface area contributed by atoms with Gasteiger partial charge in [-0.1, -0.05) is 24.3 Å². The summed E-state index contributed by atoms with van der Waals surface area (Å²) < 4.78 is 3.66. The summed E-state index contributed by atoms with van der Waals surface area (Å²) in [5.41, 5.74) is 4.32. The summed E-state index contributed by atoms with van der Waals surface area (Å²) in [7, 11) is 1.89. The largest absolute Gasteiger partial charge is 0.357 e. The van der Waals surface area contributed by atoms with Crippen LogP contribution in [0.25, 0.3) is 0 Å². The molecule has 0 aliphatic carbocycles. The smallest absolute Gasteiger partial charge is 0.171 e. The number of hydrogen-bond donors (Lipinski definition) is 2. The fourth-order valence-electron chi connectivity index (χ4n) is 2.38. The lowest BCUT2D eigenvalue weighted by atomic mass is 10.1. The normalized spacial score (nSPS) is 10.6. The molecule has 2 aromatic heterocycles. The molecule has 124 valence electrons.